The highest BCUT2D eigenvalue weighted by molar-refractivity contribution is 6.29. The molecule has 0 aromatic carbocycles. The van der Waals surface area contributed by atoms with E-state index >= 15 is 0 Å². The number of alkyl carbamates (subject to hydrolysis) is 1. The molecule has 8 nitrogen and oxygen atoms in total. The van der Waals surface area contributed by atoms with Gasteiger partial charge in [0.25, 0.3) is 0 Å². The maximum Gasteiger partial charge on any atom is 0.408 e. The Kier molecular flexibility index (Phi) is 7.00. The molecule has 1 fully saturated rings. The third-order valence-corrected chi connectivity index (χ3v) is 5.06. The zero-order valence-electron chi connectivity index (χ0n) is 17.8. The van der Waals surface area contributed by atoms with Crippen LogP contribution in [0.25, 0.3) is 11.1 Å². The number of hydrogen-bond donors (Lipinski definition) is 1. The van der Waals surface area contributed by atoms with Gasteiger partial charge in [-0.2, -0.15) is 13.9 Å². The van der Waals surface area contributed by atoms with Crippen LogP contribution in [0.5, 0.6) is 0 Å². The Morgan fingerprint density at radius 1 is 1.35 bits per heavy atom. The van der Waals surface area contributed by atoms with E-state index in [1.807, 2.05) is 4.90 Å². The van der Waals surface area contributed by atoms with Crippen LogP contribution in [0.4, 0.5) is 19.3 Å². The van der Waals surface area contributed by atoms with E-state index in [2.05, 4.69) is 15.4 Å². The molecule has 0 radical (unpaired) electrons. The van der Waals surface area contributed by atoms with Crippen molar-refractivity contribution < 1.29 is 23.0 Å². The van der Waals surface area contributed by atoms with Crippen LogP contribution in [0.1, 0.15) is 33.7 Å². The van der Waals surface area contributed by atoms with E-state index in [9.17, 15) is 13.6 Å². The molecule has 2 atom stereocenters. The first kappa shape index (κ1) is 23.2. The Hall–Kier alpha value is -2.46. The molecule has 1 aliphatic heterocycles. The number of carbonyl (C=O) groups is 1. The predicted molar refractivity (Wildman–Crippen MR) is 113 cm³/mol. The van der Waals surface area contributed by atoms with Gasteiger partial charge in [0.05, 0.1) is 18.3 Å². The van der Waals surface area contributed by atoms with Crippen molar-refractivity contribution in [3.8, 4) is 11.1 Å². The van der Waals surface area contributed by atoms with Gasteiger partial charge in [-0.25, -0.2) is 14.5 Å². The van der Waals surface area contributed by atoms with Gasteiger partial charge in [0.15, 0.2) is 0 Å². The molecule has 1 saturated heterocycles. The smallest absolute Gasteiger partial charge is 0.408 e. The summed E-state index contributed by atoms with van der Waals surface area (Å²) in [5, 5.41) is 6.85. The second-order valence-corrected chi connectivity index (χ2v) is 8.66. The quantitative estimate of drug-likeness (QED) is 0.680. The lowest BCUT2D eigenvalue weighted by Crippen LogP contribution is -2.56. The Labute approximate surface area is 184 Å². The van der Waals surface area contributed by atoms with Crippen LogP contribution in [-0.2, 0) is 9.47 Å². The molecular formula is C20H26ClF2N5O3. The summed E-state index contributed by atoms with van der Waals surface area (Å²) < 4.78 is 37.5. The number of nitrogens with one attached hydrogen (secondary N) is 1. The molecule has 0 aliphatic carbocycles. The maximum atomic E-state index is 13.0. The highest BCUT2D eigenvalue weighted by Gasteiger charge is 2.33. The topological polar surface area (TPSA) is 81.5 Å². The van der Waals surface area contributed by atoms with Crippen molar-refractivity contribution in [3.05, 3.63) is 29.8 Å². The number of piperidine rings is 1. The number of alkyl halides is 2. The number of anilines is 1. The number of ether oxygens (including phenoxy) is 2. The second kappa shape index (κ2) is 9.35. The normalized spacial score (nSPS) is 19.5. The largest absolute Gasteiger partial charge is 0.444 e. The van der Waals surface area contributed by atoms with Crippen LogP contribution in [0.2, 0.25) is 5.15 Å². The molecular weight excluding hydrogens is 432 g/mol. The molecule has 2 aromatic heterocycles. The molecule has 3 rings (SSSR count). The van der Waals surface area contributed by atoms with E-state index in [-0.39, 0.29) is 17.3 Å². The molecule has 0 saturated carbocycles. The first-order valence-corrected chi connectivity index (χ1v) is 10.2. The van der Waals surface area contributed by atoms with Crippen molar-refractivity contribution in [2.45, 2.75) is 51.5 Å². The predicted octanol–water partition coefficient (Wildman–Crippen LogP) is 4.11. The third kappa shape index (κ3) is 5.82. The summed E-state index contributed by atoms with van der Waals surface area (Å²) in [5.41, 5.74) is 1.19. The standard InChI is InChI=1S/C20H26ClF2N5O3/c1-20(2,3)31-19(29)26-14-11-27(6-5-16(14)30-4)15-7-17(21)24-9-13(15)12-8-25-28(10-12)18(22)23/h7-10,14,16,18H,5-6,11H2,1-4H3,(H,26,29)/t14-,16+/m1/s1. The highest BCUT2D eigenvalue weighted by atomic mass is 35.5. The lowest BCUT2D eigenvalue weighted by Gasteiger charge is -2.40. The first-order valence-electron chi connectivity index (χ1n) is 9.83. The Morgan fingerprint density at radius 2 is 2.10 bits per heavy atom. The van der Waals surface area contributed by atoms with Gasteiger partial charge in [-0.05, 0) is 33.3 Å². The van der Waals surface area contributed by atoms with Crippen molar-refractivity contribution in [3.63, 3.8) is 0 Å². The molecule has 1 amide bonds. The van der Waals surface area contributed by atoms with Gasteiger partial charge in [0, 0.05) is 49.4 Å². The number of carbonyl (C=O) groups excluding carboxylic acids is 1. The number of amides is 1. The second-order valence-electron chi connectivity index (χ2n) is 8.27. The molecule has 2 aromatic rings. The molecule has 0 bridgehead atoms. The fourth-order valence-corrected chi connectivity index (χ4v) is 3.67. The van der Waals surface area contributed by atoms with Gasteiger partial charge < -0.3 is 19.7 Å². The van der Waals surface area contributed by atoms with Gasteiger partial charge in [-0.3, -0.25) is 0 Å². The maximum absolute atomic E-state index is 13.0. The summed E-state index contributed by atoms with van der Waals surface area (Å²) in [5.74, 6) is 0. The molecule has 31 heavy (non-hydrogen) atoms. The van der Waals surface area contributed by atoms with Crippen molar-refractivity contribution in [1.29, 1.82) is 0 Å². The molecule has 0 unspecified atom stereocenters. The van der Waals surface area contributed by atoms with Gasteiger partial charge in [-0.15, -0.1) is 0 Å². The van der Waals surface area contributed by atoms with Crippen molar-refractivity contribution in [2.24, 2.45) is 0 Å². The van der Waals surface area contributed by atoms with Crippen LogP contribution in [0.3, 0.4) is 0 Å². The van der Waals surface area contributed by atoms with E-state index < -0.39 is 18.2 Å². The Morgan fingerprint density at radius 3 is 2.71 bits per heavy atom. The number of methoxy groups -OCH3 is 1. The van der Waals surface area contributed by atoms with Crippen LogP contribution in [0, 0.1) is 0 Å². The number of hydrogen-bond acceptors (Lipinski definition) is 6. The summed E-state index contributed by atoms with van der Waals surface area (Å²) in [7, 11) is 1.59. The minimum absolute atomic E-state index is 0.203. The molecule has 0 spiro atoms. The molecule has 170 valence electrons. The number of halogens is 3. The van der Waals surface area contributed by atoms with E-state index in [1.165, 1.54) is 18.6 Å². The summed E-state index contributed by atoms with van der Waals surface area (Å²) >= 11 is 6.14. The summed E-state index contributed by atoms with van der Waals surface area (Å²) in [4.78, 5) is 18.4. The fourth-order valence-electron chi connectivity index (χ4n) is 3.52. The molecule has 3 heterocycles. The number of rotatable bonds is 5. The Bertz CT molecular complexity index is 918. The van der Waals surface area contributed by atoms with Crippen LogP contribution >= 0.6 is 11.6 Å². The number of nitrogens with zero attached hydrogens (tertiary/aromatic N) is 4. The summed E-state index contributed by atoms with van der Waals surface area (Å²) in [6.45, 7) is 3.65. The van der Waals surface area contributed by atoms with E-state index in [0.29, 0.717) is 41.0 Å². The van der Waals surface area contributed by atoms with Crippen LogP contribution in [-0.4, -0.2) is 58.8 Å². The van der Waals surface area contributed by atoms with E-state index in [0.717, 1.165) is 0 Å². The minimum Gasteiger partial charge on any atom is -0.444 e. The zero-order chi connectivity index (χ0) is 22.8. The Balaban J connectivity index is 1.86. The highest BCUT2D eigenvalue weighted by Crippen LogP contribution is 2.34. The SMILES string of the molecule is CO[C@H]1CCN(c2cc(Cl)ncc2-c2cnn(C(F)F)c2)C[C@H]1NC(=O)OC(C)(C)C. The average Bonchev–Trinajstić information content (AvgIpc) is 3.16. The summed E-state index contributed by atoms with van der Waals surface area (Å²) in [6.07, 6.45) is 4.05. The van der Waals surface area contributed by atoms with E-state index in [4.69, 9.17) is 21.1 Å². The van der Waals surface area contributed by atoms with Crippen molar-refractivity contribution in [1.82, 2.24) is 20.1 Å². The average molecular weight is 458 g/mol. The van der Waals surface area contributed by atoms with Crippen LogP contribution < -0.4 is 10.2 Å². The minimum atomic E-state index is -2.74. The fraction of sp³-hybridized carbons (Fsp3) is 0.550. The van der Waals surface area contributed by atoms with Gasteiger partial charge in [0.2, 0.25) is 0 Å². The van der Waals surface area contributed by atoms with Crippen LogP contribution in [0.15, 0.2) is 24.7 Å². The number of aromatic nitrogens is 3. The first-order chi connectivity index (χ1) is 14.6. The van der Waals surface area contributed by atoms with Gasteiger partial charge >= 0.3 is 12.6 Å². The molecule has 1 N–H and O–H groups in total. The lowest BCUT2D eigenvalue weighted by molar-refractivity contribution is 0.0281. The lowest BCUT2D eigenvalue weighted by atomic mass is 9.99. The zero-order valence-corrected chi connectivity index (χ0v) is 18.6. The third-order valence-electron chi connectivity index (χ3n) is 4.86. The molecule has 1 aliphatic rings. The number of pyridine rings is 1. The van der Waals surface area contributed by atoms with Crippen molar-refractivity contribution in [2.75, 3.05) is 25.1 Å². The van der Waals surface area contributed by atoms with Crippen molar-refractivity contribution >= 4 is 23.4 Å². The van der Waals surface area contributed by atoms with E-state index in [1.54, 1.807) is 33.9 Å². The molecule has 11 heteroatoms. The summed E-state index contributed by atoms with van der Waals surface area (Å²) in [6, 6.07) is 1.33. The van der Waals surface area contributed by atoms with Gasteiger partial charge in [-0.1, -0.05) is 11.6 Å². The van der Waals surface area contributed by atoms with Gasteiger partial charge in [0.1, 0.15) is 10.8 Å². The monoisotopic (exact) mass is 457 g/mol.